The van der Waals surface area contributed by atoms with Crippen LogP contribution in [-0.4, -0.2) is 11.7 Å². The smallest absolute Gasteiger partial charge is 0.0833 e. The van der Waals surface area contributed by atoms with Crippen LogP contribution in [0.25, 0.3) is 0 Å². The highest BCUT2D eigenvalue weighted by atomic mass is 35.5. The van der Waals surface area contributed by atoms with E-state index in [1.807, 2.05) is 25.1 Å². The van der Waals surface area contributed by atoms with E-state index < -0.39 is 6.10 Å². The van der Waals surface area contributed by atoms with Gasteiger partial charge in [-0.15, -0.1) is 0 Å². The van der Waals surface area contributed by atoms with E-state index in [2.05, 4.69) is 6.92 Å². The molecule has 2 unspecified atom stereocenters. The van der Waals surface area contributed by atoms with Crippen molar-refractivity contribution in [2.45, 2.75) is 32.8 Å². The van der Waals surface area contributed by atoms with E-state index in [4.69, 9.17) is 17.3 Å². The zero-order valence-corrected chi connectivity index (χ0v) is 10.7. The Labute approximate surface area is 102 Å². The highest BCUT2D eigenvalue weighted by molar-refractivity contribution is 6.31. The lowest BCUT2D eigenvalue weighted by Gasteiger charge is -2.23. The molecular formula is C13H20ClNO. The zero-order valence-electron chi connectivity index (χ0n) is 9.91. The average molecular weight is 242 g/mol. The van der Waals surface area contributed by atoms with Crippen molar-refractivity contribution >= 4 is 11.6 Å². The van der Waals surface area contributed by atoms with Crippen molar-refractivity contribution < 1.29 is 5.11 Å². The quantitative estimate of drug-likeness (QED) is 0.832. The second-order valence-electron chi connectivity index (χ2n) is 4.18. The summed E-state index contributed by atoms with van der Waals surface area (Å²) >= 11 is 6.04. The third kappa shape index (κ3) is 2.97. The second-order valence-corrected chi connectivity index (χ2v) is 4.59. The van der Waals surface area contributed by atoms with E-state index in [1.165, 1.54) is 0 Å². The Kier molecular flexibility index (Phi) is 5.26. The van der Waals surface area contributed by atoms with Gasteiger partial charge < -0.3 is 10.8 Å². The van der Waals surface area contributed by atoms with Crippen molar-refractivity contribution in [1.82, 2.24) is 0 Å². The number of nitrogens with two attached hydrogens (primary N) is 1. The molecule has 0 heterocycles. The molecular weight excluding hydrogens is 222 g/mol. The van der Waals surface area contributed by atoms with Crippen LogP contribution in [0, 0.1) is 12.8 Å². The van der Waals surface area contributed by atoms with E-state index in [0.29, 0.717) is 11.6 Å². The molecule has 0 aliphatic rings. The molecule has 2 nitrogen and oxygen atoms in total. The number of aliphatic hydroxyl groups is 1. The minimum absolute atomic E-state index is 0.113. The molecule has 0 fully saturated rings. The van der Waals surface area contributed by atoms with Crippen LogP contribution >= 0.6 is 11.6 Å². The van der Waals surface area contributed by atoms with Crippen molar-refractivity contribution in [2.75, 3.05) is 6.54 Å². The van der Waals surface area contributed by atoms with E-state index in [9.17, 15) is 5.11 Å². The summed E-state index contributed by atoms with van der Waals surface area (Å²) in [6.45, 7) is 4.53. The molecule has 90 valence electrons. The first-order valence-electron chi connectivity index (χ1n) is 5.75. The molecule has 16 heavy (non-hydrogen) atoms. The van der Waals surface area contributed by atoms with E-state index in [0.717, 1.165) is 24.0 Å². The zero-order chi connectivity index (χ0) is 12.1. The van der Waals surface area contributed by atoms with Gasteiger partial charge in [-0.1, -0.05) is 37.1 Å². The Morgan fingerprint density at radius 1 is 1.44 bits per heavy atom. The lowest BCUT2D eigenvalue weighted by Crippen LogP contribution is -2.22. The van der Waals surface area contributed by atoms with Gasteiger partial charge in [0, 0.05) is 10.9 Å². The maximum Gasteiger partial charge on any atom is 0.0833 e. The Bertz CT molecular complexity index is 341. The summed E-state index contributed by atoms with van der Waals surface area (Å²) < 4.78 is 0. The van der Waals surface area contributed by atoms with Crippen LogP contribution in [-0.2, 0) is 0 Å². The van der Waals surface area contributed by atoms with Gasteiger partial charge in [0.2, 0.25) is 0 Å². The predicted molar refractivity (Wildman–Crippen MR) is 68.6 cm³/mol. The van der Waals surface area contributed by atoms with Crippen LogP contribution < -0.4 is 5.73 Å². The first kappa shape index (κ1) is 13.5. The first-order valence-corrected chi connectivity index (χ1v) is 6.12. The lowest BCUT2D eigenvalue weighted by molar-refractivity contribution is 0.106. The van der Waals surface area contributed by atoms with E-state index >= 15 is 0 Å². The molecule has 1 rings (SSSR count). The van der Waals surface area contributed by atoms with Crippen LogP contribution in [0.2, 0.25) is 5.02 Å². The molecule has 1 aromatic carbocycles. The fraction of sp³-hybridized carbons (Fsp3) is 0.538. The number of aliphatic hydroxyl groups excluding tert-OH is 1. The third-order valence-electron chi connectivity index (χ3n) is 3.04. The molecule has 0 amide bonds. The molecule has 0 aliphatic heterocycles. The topological polar surface area (TPSA) is 46.2 Å². The van der Waals surface area contributed by atoms with Crippen molar-refractivity contribution in [3.63, 3.8) is 0 Å². The van der Waals surface area contributed by atoms with Gasteiger partial charge in [0.25, 0.3) is 0 Å². The van der Waals surface area contributed by atoms with Gasteiger partial charge in [0.15, 0.2) is 0 Å². The number of rotatable bonds is 5. The van der Waals surface area contributed by atoms with Crippen LogP contribution in [0.5, 0.6) is 0 Å². The maximum absolute atomic E-state index is 10.3. The van der Waals surface area contributed by atoms with Crippen molar-refractivity contribution in [3.8, 4) is 0 Å². The maximum atomic E-state index is 10.3. The molecule has 0 radical (unpaired) electrons. The summed E-state index contributed by atoms with van der Waals surface area (Å²) in [7, 11) is 0. The number of benzene rings is 1. The number of hydrogen-bond acceptors (Lipinski definition) is 2. The highest BCUT2D eigenvalue weighted by Crippen LogP contribution is 2.30. The summed E-state index contributed by atoms with van der Waals surface area (Å²) in [6.07, 6.45) is 1.45. The molecule has 0 bridgehead atoms. The molecule has 3 heteroatoms. The van der Waals surface area contributed by atoms with Gasteiger partial charge in [-0.3, -0.25) is 0 Å². The van der Waals surface area contributed by atoms with Gasteiger partial charge in [0.05, 0.1) is 6.10 Å². The molecule has 0 aliphatic carbocycles. The van der Waals surface area contributed by atoms with Crippen molar-refractivity contribution in [2.24, 2.45) is 11.7 Å². The van der Waals surface area contributed by atoms with Crippen molar-refractivity contribution in [3.05, 3.63) is 34.3 Å². The number of halogens is 1. The van der Waals surface area contributed by atoms with Crippen LogP contribution in [0.4, 0.5) is 0 Å². The third-order valence-corrected chi connectivity index (χ3v) is 3.45. The SMILES string of the molecule is CCCC(CN)C(O)c1cccc(Cl)c1C. The Morgan fingerprint density at radius 3 is 2.69 bits per heavy atom. The van der Waals surface area contributed by atoms with E-state index in [-0.39, 0.29) is 5.92 Å². The molecule has 0 saturated carbocycles. The highest BCUT2D eigenvalue weighted by Gasteiger charge is 2.20. The van der Waals surface area contributed by atoms with Crippen LogP contribution in [0.1, 0.15) is 37.0 Å². The molecule has 2 atom stereocenters. The Hall–Kier alpha value is -0.570. The second kappa shape index (κ2) is 6.24. The van der Waals surface area contributed by atoms with Gasteiger partial charge >= 0.3 is 0 Å². The average Bonchev–Trinajstić information content (AvgIpc) is 2.29. The lowest BCUT2D eigenvalue weighted by atomic mass is 9.90. The normalized spacial score (nSPS) is 14.8. The minimum atomic E-state index is -0.511. The summed E-state index contributed by atoms with van der Waals surface area (Å²) in [6, 6.07) is 5.63. The first-order chi connectivity index (χ1) is 7.61. The van der Waals surface area contributed by atoms with Gasteiger partial charge in [-0.2, -0.15) is 0 Å². The monoisotopic (exact) mass is 241 g/mol. The van der Waals surface area contributed by atoms with Gasteiger partial charge in [-0.05, 0) is 37.1 Å². The molecule has 1 aromatic rings. The summed E-state index contributed by atoms with van der Waals surface area (Å²) in [5, 5.41) is 11.0. The standard InChI is InChI=1S/C13H20ClNO/c1-3-5-10(8-15)13(16)11-6-4-7-12(14)9(11)2/h4,6-7,10,13,16H,3,5,8,15H2,1-2H3. The van der Waals surface area contributed by atoms with Crippen LogP contribution in [0.3, 0.4) is 0 Å². The summed E-state index contributed by atoms with van der Waals surface area (Å²) in [4.78, 5) is 0. The summed E-state index contributed by atoms with van der Waals surface area (Å²) in [5.74, 6) is 0.113. The molecule has 0 spiro atoms. The predicted octanol–water partition coefficient (Wildman–Crippen LogP) is 3.06. The molecule has 0 aromatic heterocycles. The van der Waals surface area contributed by atoms with E-state index in [1.54, 1.807) is 0 Å². The summed E-state index contributed by atoms with van der Waals surface area (Å²) in [5.41, 5.74) is 7.54. The van der Waals surface area contributed by atoms with Crippen molar-refractivity contribution in [1.29, 1.82) is 0 Å². The largest absolute Gasteiger partial charge is 0.388 e. The fourth-order valence-electron chi connectivity index (χ4n) is 1.97. The Morgan fingerprint density at radius 2 is 2.12 bits per heavy atom. The van der Waals surface area contributed by atoms with Gasteiger partial charge in [0.1, 0.15) is 0 Å². The molecule has 0 saturated heterocycles. The minimum Gasteiger partial charge on any atom is -0.388 e. The Balaban J connectivity index is 2.94. The van der Waals surface area contributed by atoms with Crippen LogP contribution in [0.15, 0.2) is 18.2 Å². The fourth-order valence-corrected chi connectivity index (χ4v) is 2.16. The van der Waals surface area contributed by atoms with Gasteiger partial charge in [-0.25, -0.2) is 0 Å². The molecule has 3 N–H and O–H groups in total. The number of hydrogen-bond donors (Lipinski definition) is 2.